The van der Waals surface area contributed by atoms with E-state index < -0.39 is 6.04 Å². The molecule has 1 heterocycles. The zero-order valence-electron chi connectivity index (χ0n) is 17.0. The lowest BCUT2D eigenvalue weighted by Crippen LogP contribution is -2.49. The largest absolute Gasteiger partial charge is 0.497 e. The number of carbonyl (C=O) groups excluding carboxylic acids is 2. The molecule has 0 aromatic heterocycles. The highest BCUT2D eigenvalue weighted by atomic mass is 32.2. The molecule has 1 N–H and O–H groups in total. The van der Waals surface area contributed by atoms with Gasteiger partial charge in [-0.25, -0.2) is 0 Å². The summed E-state index contributed by atoms with van der Waals surface area (Å²) in [6.07, 6.45) is 0. The third-order valence-electron chi connectivity index (χ3n) is 4.65. The number of thioether (sulfide) groups is 1. The van der Waals surface area contributed by atoms with E-state index in [1.54, 1.807) is 49.1 Å². The van der Waals surface area contributed by atoms with Crippen LogP contribution in [-0.4, -0.2) is 48.8 Å². The number of methoxy groups -OCH3 is 2. The molecular formula is C22H26N2O4S. The fraction of sp³-hybridized carbons (Fsp3) is 0.364. The summed E-state index contributed by atoms with van der Waals surface area (Å²) in [6.45, 7) is 3.82. The van der Waals surface area contributed by atoms with Gasteiger partial charge in [0, 0.05) is 23.4 Å². The topological polar surface area (TPSA) is 67.9 Å². The number of hydrogen-bond donors (Lipinski definition) is 1. The predicted octanol–water partition coefficient (Wildman–Crippen LogP) is 3.48. The van der Waals surface area contributed by atoms with Crippen LogP contribution in [0.2, 0.25) is 0 Å². The van der Waals surface area contributed by atoms with Gasteiger partial charge in [0.25, 0.3) is 5.91 Å². The minimum atomic E-state index is -0.558. The van der Waals surface area contributed by atoms with Gasteiger partial charge in [-0.05, 0) is 31.5 Å². The van der Waals surface area contributed by atoms with Gasteiger partial charge < -0.3 is 19.7 Å². The van der Waals surface area contributed by atoms with E-state index in [1.165, 1.54) is 0 Å². The van der Waals surface area contributed by atoms with Crippen molar-refractivity contribution in [1.82, 2.24) is 10.2 Å². The summed E-state index contributed by atoms with van der Waals surface area (Å²) in [6, 6.07) is 14.3. The Balaban J connectivity index is 2.01. The van der Waals surface area contributed by atoms with Crippen LogP contribution in [0.5, 0.6) is 11.5 Å². The molecule has 2 aromatic carbocycles. The van der Waals surface area contributed by atoms with Crippen LogP contribution in [0.15, 0.2) is 48.5 Å². The summed E-state index contributed by atoms with van der Waals surface area (Å²) in [5.41, 5.74) is 1.41. The van der Waals surface area contributed by atoms with Gasteiger partial charge in [0.05, 0.1) is 14.2 Å². The fourth-order valence-electron chi connectivity index (χ4n) is 3.29. The van der Waals surface area contributed by atoms with Crippen LogP contribution in [-0.2, 0) is 4.79 Å². The minimum absolute atomic E-state index is 0.00265. The lowest BCUT2D eigenvalue weighted by Gasteiger charge is -2.30. The number of rotatable bonds is 6. The van der Waals surface area contributed by atoms with E-state index in [0.717, 1.165) is 5.56 Å². The van der Waals surface area contributed by atoms with Crippen LogP contribution in [0.1, 0.15) is 35.1 Å². The molecule has 7 heteroatoms. The molecule has 0 spiro atoms. The maximum atomic E-state index is 13.6. The highest BCUT2D eigenvalue weighted by Gasteiger charge is 2.42. The summed E-state index contributed by atoms with van der Waals surface area (Å²) >= 11 is 1.59. The standard InChI is InChI=1S/C22H26N2O4S/c1-14(2)23-20(25)19-13-29-22(15-8-6-5-7-9-15)24(19)21(26)16-10-17(27-3)12-18(11-16)28-4/h5-12,14,19,22H,13H2,1-4H3,(H,23,25). The van der Waals surface area contributed by atoms with Crippen molar-refractivity contribution >= 4 is 23.6 Å². The van der Waals surface area contributed by atoms with Crippen LogP contribution < -0.4 is 14.8 Å². The Kier molecular flexibility index (Phi) is 6.69. The first-order valence-electron chi connectivity index (χ1n) is 9.47. The quantitative estimate of drug-likeness (QED) is 0.784. The van der Waals surface area contributed by atoms with Gasteiger partial charge in [-0.2, -0.15) is 0 Å². The molecule has 2 amide bonds. The Morgan fingerprint density at radius 1 is 1.07 bits per heavy atom. The fourth-order valence-corrected chi connectivity index (χ4v) is 4.72. The molecule has 0 saturated carbocycles. The van der Waals surface area contributed by atoms with Crippen LogP contribution in [0.25, 0.3) is 0 Å². The number of amides is 2. The van der Waals surface area contributed by atoms with Crippen LogP contribution in [0, 0.1) is 0 Å². The third-order valence-corrected chi connectivity index (χ3v) is 5.97. The smallest absolute Gasteiger partial charge is 0.256 e. The Morgan fingerprint density at radius 3 is 2.24 bits per heavy atom. The SMILES string of the molecule is COc1cc(OC)cc(C(=O)N2C(C(=O)NC(C)C)CSC2c2ccccc2)c1. The van der Waals surface area contributed by atoms with Crippen molar-refractivity contribution < 1.29 is 19.1 Å². The predicted molar refractivity (Wildman–Crippen MR) is 114 cm³/mol. The van der Waals surface area contributed by atoms with Gasteiger partial charge in [0.2, 0.25) is 5.91 Å². The summed E-state index contributed by atoms with van der Waals surface area (Å²) < 4.78 is 10.6. The lowest BCUT2D eigenvalue weighted by molar-refractivity contribution is -0.125. The van der Waals surface area contributed by atoms with Crippen molar-refractivity contribution in [3.05, 3.63) is 59.7 Å². The Hall–Kier alpha value is -2.67. The second-order valence-electron chi connectivity index (χ2n) is 7.09. The molecule has 29 heavy (non-hydrogen) atoms. The molecule has 2 unspecified atom stereocenters. The molecule has 1 aliphatic rings. The van der Waals surface area contributed by atoms with E-state index in [9.17, 15) is 9.59 Å². The first kappa shape index (κ1) is 21.0. The van der Waals surface area contributed by atoms with Crippen LogP contribution in [0.4, 0.5) is 0 Å². The van der Waals surface area contributed by atoms with Crippen molar-refractivity contribution in [3.63, 3.8) is 0 Å². The number of carbonyl (C=O) groups is 2. The first-order chi connectivity index (χ1) is 13.9. The average Bonchev–Trinajstić information content (AvgIpc) is 3.18. The minimum Gasteiger partial charge on any atom is -0.497 e. The molecule has 6 nitrogen and oxygen atoms in total. The molecule has 0 aliphatic carbocycles. The van der Waals surface area contributed by atoms with Gasteiger partial charge in [0.15, 0.2) is 0 Å². The van der Waals surface area contributed by atoms with Crippen molar-refractivity contribution in [2.75, 3.05) is 20.0 Å². The summed E-state index contributed by atoms with van der Waals surface area (Å²) in [5.74, 6) is 1.21. The molecule has 3 rings (SSSR count). The number of hydrogen-bond acceptors (Lipinski definition) is 5. The van der Waals surface area contributed by atoms with E-state index in [-0.39, 0.29) is 23.2 Å². The third kappa shape index (κ3) is 4.67. The monoisotopic (exact) mass is 414 g/mol. The van der Waals surface area contributed by atoms with Crippen molar-refractivity contribution in [2.24, 2.45) is 0 Å². The number of nitrogens with zero attached hydrogens (tertiary/aromatic N) is 1. The Labute approximate surface area is 175 Å². The van der Waals surface area contributed by atoms with E-state index in [2.05, 4.69) is 5.32 Å². The molecule has 0 bridgehead atoms. The summed E-state index contributed by atoms with van der Waals surface area (Å²) in [4.78, 5) is 28.1. The Bertz CT molecular complexity index is 850. The van der Waals surface area contributed by atoms with Gasteiger partial charge >= 0.3 is 0 Å². The maximum Gasteiger partial charge on any atom is 0.256 e. The lowest BCUT2D eigenvalue weighted by atomic mass is 10.1. The second kappa shape index (κ2) is 9.22. The molecule has 2 atom stereocenters. The molecule has 1 saturated heterocycles. The average molecular weight is 415 g/mol. The molecule has 2 aromatic rings. The number of ether oxygens (including phenoxy) is 2. The summed E-state index contributed by atoms with van der Waals surface area (Å²) in [7, 11) is 3.08. The van der Waals surface area contributed by atoms with Crippen LogP contribution in [0.3, 0.4) is 0 Å². The van der Waals surface area contributed by atoms with Gasteiger partial charge in [-0.15, -0.1) is 11.8 Å². The first-order valence-corrected chi connectivity index (χ1v) is 10.5. The highest BCUT2D eigenvalue weighted by Crippen LogP contribution is 2.42. The van der Waals surface area contributed by atoms with Gasteiger partial charge in [-0.3, -0.25) is 9.59 Å². The highest BCUT2D eigenvalue weighted by molar-refractivity contribution is 7.99. The number of benzene rings is 2. The molecule has 1 fully saturated rings. The molecule has 0 radical (unpaired) electrons. The van der Waals surface area contributed by atoms with Gasteiger partial charge in [0.1, 0.15) is 22.9 Å². The van der Waals surface area contributed by atoms with Gasteiger partial charge in [-0.1, -0.05) is 30.3 Å². The zero-order chi connectivity index (χ0) is 21.0. The maximum absolute atomic E-state index is 13.6. The molecule has 1 aliphatic heterocycles. The zero-order valence-corrected chi connectivity index (χ0v) is 17.9. The second-order valence-corrected chi connectivity index (χ2v) is 8.20. The van der Waals surface area contributed by atoms with Crippen molar-refractivity contribution in [1.29, 1.82) is 0 Å². The van der Waals surface area contributed by atoms with Crippen LogP contribution >= 0.6 is 11.8 Å². The van der Waals surface area contributed by atoms with E-state index >= 15 is 0 Å². The van der Waals surface area contributed by atoms with Crippen molar-refractivity contribution in [2.45, 2.75) is 31.3 Å². The van der Waals surface area contributed by atoms with E-state index in [0.29, 0.717) is 22.8 Å². The Morgan fingerprint density at radius 2 is 1.69 bits per heavy atom. The molecule has 154 valence electrons. The van der Waals surface area contributed by atoms with E-state index in [4.69, 9.17) is 9.47 Å². The molecular weight excluding hydrogens is 388 g/mol. The normalized spacial score (nSPS) is 18.6. The summed E-state index contributed by atoms with van der Waals surface area (Å²) in [5, 5.41) is 2.70. The van der Waals surface area contributed by atoms with E-state index in [1.807, 2.05) is 44.2 Å². The van der Waals surface area contributed by atoms with Crippen molar-refractivity contribution in [3.8, 4) is 11.5 Å². The number of nitrogens with one attached hydrogen (secondary N) is 1.